The van der Waals surface area contributed by atoms with Crippen molar-refractivity contribution in [1.82, 2.24) is 5.32 Å². The highest BCUT2D eigenvalue weighted by Gasteiger charge is 2.39. The third-order valence-electron chi connectivity index (χ3n) is 5.95. The van der Waals surface area contributed by atoms with Crippen LogP contribution < -0.4 is 5.32 Å². The number of rotatable bonds is 8. The lowest BCUT2D eigenvalue weighted by Crippen LogP contribution is -2.41. The molecule has 0 bridgehead atoms. The quantitative estimate of drug-likeness (QED) is 0.623. The van der Waals surface area contributed by atoms with Gasteiger partial charge in [0.15, 0.2) is 5.76 Å². The van der Waals surface area contributed by atoms with Gasteiger partial charge in [0, 0.05) is 31.1 Å². The average Bonchev–Trinajstić information content (AvgIpc) is 3.25. The number of nitrogens with one attached hydrogen (secondary N) is 1. The average molecular weight is 441 g/mol. The molecule has 1 heterocycles. The van der Waals surface area contributed by atoms with E-state index in [2.05, 4.69) is 5.32 Å². The monoisotopic (exact) mass is 441 g/mol. The van der Waals surface area contributed by atoms with Gasteiger partial charge in [-0.25, -0.2) is 0 Å². The summed E-state index contributed by atoms with van der Waals surface area (Å²) in [4.78, 5) is 12.8. The topological polar surface area (TPSA) is 67.8 Å². The molecule has 1 amide bonds. The Labute approximate surface area is 180 Å². The summed E-state index contributed by atoms with van der Waals surface area (Å²) in [5, 5.41) is 12.3. The van der Waals surface area contributed by atoms with Gasteiger partial charge < -0.3 is 19.9 Å². The van der Waals surface area contributed by atoms with Crippen LogP contribution in [0.1, 0.15) is 62.5 Å². The molecule has 5 nitrogen and oxygen atoms in total. The van der Waals surface area contributed by atoms with Crippen LogP contribution in [-0.4, -0.2) is 36.6 Å². The molecule has 31 heavy (non-hydrogen) atoms. The Hall–Kier alpha value is -2.06. The van der Waals surface area contributed by atoms with Gasteiger partial charge in [-0.15, -0.1) is 0 Å². The lowest BCUT2D eigenvalue weighted by Gasteiger charge is -2.37. The van der Waals surface area contributed by atoms with E-state index in [1.54, 1.807) is 6.08 Å². The molecule has 1 aromatic rings. The maximum Gasteiger partial charge on any atom is 0.416 e. The van der Waals surface area contributed by atoms with Gasteiger partial charge in [-0.1, -0.05) is 25.0 Å². The van der Waals surface area contributed by atoms with Gasteiger partial charge in [-0.3, -0.25) is 4.79 Å². The SMILES string of the molecule is CCO[C@@H]1OC(C(=O)NC2CCCC2)=C[C@H](c2ccc(C(F)(F)F)cc2)[C@@H]1CCCO. The summed E-state index contributed by atoms with van der Waals surface area (Å²) in [6.45, 7) is 2.15. The van der Waals surface area contributed by atoms with E-state index in [9.17, 15) is 23.1 Å². The Kier molecular flexibility index (Phi) is 8.00. The normalized spacial score (nSPS) is 24.5. The summed E-state index contributed by atoms with van der Waals surface area (Å²) in [5.41, 5.74) is -0.0742. The number of hydrogen-bond donors (Lipinski definition) is 2. The number of allylic oxidation sites excluding steroid dienone is 1. The predicted octanol–water partition coefficient (Wildman–Crippen LogP) is 4.51. The number of hydrogen-bond acceptors (Lipinski definition) is 4. The minimum Gasteiger partial charge on any atom is -0.459 e. The van der Waals surface area contributed by atoms with Gasteiger partial charge in [-0.2, -0.15) is 13.2 Å². The molecule has 3 atom stereocenters. The van der Waals surface area contributed by atoms with Crippen molar-refractivity contribution >= 4 is 5.91 Å². The first-order chi connectivity index (χ1) is 14.8. The summed E-state index contributed by atoms with van der Waals surface area (Å²) >= 11 is 0. The Balaban J connectivity index is 1.91. The maximum atomic E-state index is 13.0. The van der Waals surface area contributed by atoms with Gasteiger partial charge in [0.1, 0.15) is 0 Å². The highest BCUT2D eigenvalue weighted by atomic mass is 19.4. The number of ether oxygens (including phenoxy) is 2. The number of carbonyl (C=O) groups excluding carboxylic acids is 1. The van der Waals surface area contributed by atoms with Crippen molar-refractivity contribution in [3.63, 3.8) is 0 Å². The summed E-state index contributed by atoms with van der Waals surface area (Å²) in [5.74, 6) is -0.806. The van der Waals surface area contributed by atoms with Crippen LogP contribution in [0.2, 0.25) is 0 Å². The molecule has 2 aliphatic rings. The number of carbonyl (C=O) groups is 1. The Morgan fingerprint density at radius 3 is 2.48 bits per heavy atom. The van der Waals surface area contributed by atoms with Crippen LogP contribution >= 0.6 is 0 Å². The van der Waals surface area contributed by atoms with E-state index in [4.69, 9.17) is 9.47 Å². The number of amides is 1. The zero-order chi connectivity index (χ0) is 22.4. The van der Waals surface area contributed by atoms with Crippen molar-refractivity contribution in [1.29, 1.82) is 0 Å². The van der Waals surface area contributed by atoms with E-state index in [1.165, 1.54) is 12.1 Å². The summed E-state index contributed by atoms with van der Waals surface area (Å²) in [7, 11) is 0. The second-order valence-electron chi connectivity index (χ2n) is 8.10. The fraction of sp³-hybridized carbons (Fsp3) is 0.609. The zero-order valence-electron chi connectivity index (χ0n) is 17.7. The van der Waals surface area contributed by atoms with E-state index in [1.807, 2.05) is 6.92 Å². The molecule has 172 valence electrons. The molecule has 0 spiro atoms. The van der Waals surface area contributed by atoms with Gasteiger partial charge in [-0.05, 0) is 56.4 Å². The smallest absolute Gasteiger partial charge is 0.416 e. The van der Waals surface area contributed by atoms with Crippen LogP contribution in [0.4, 0.5) is 13.2 Å². The van der Waals surface area contributed by atoms with E-state index in [0.717, 1.165) is 37.8 Å². The second kappa shape index (κ2) is 10.5. The van der Waals surface area contributed by atoms with Crippen molar-refractivity contribution in [2.75, 3.05) is 13.2 Å². The van der Waals surface area contributed by atoms with E-state index in [0.29, 0.717) is 25.0 Å². The molecular weight excluding hydrogens is 411 g/mol. The molecule has 0 unspecified atom stereocenters. The van der Waals surface area contributed by atoms with Crippen molar-refractivity contribution in [2.24, 2.45) is 5.92 Å². The first-order valence-electron chi connectivity index (χ1n) is 10.9. The minimum absolute atomic E-state index is 0.0200. The Bertz CT molecular complexity index is 757. The molecule has 1 fully saturated rings. The van der Waals surface area contributed by atoms with Gasteiger partial charge in [0.25, 0.3) is 5.91 Å². The van der Waals surface area contributed by atoms with Crippen LogP contribution in [0, 0.1) is 5.92 Å². The first-order valence-corrected chi connectivity index (χ1v) is 10.9. The fourth-order valence-electron chi connectivity index (χ4n) is 4.37. The fourth-order valence-corrected chi connectivity index (χ4v) is 4.37. The summed E-state index contributed by atoms with van der Waals surface area (Å²) < 4.78 is 50.7. The van der Waals surface area contributed by atoms with Crippen molar-refractivity contribution in [3.8, 4) is 0 Å². The highest BCUT2D eigenvalue weighted by Crippen LogP contribution is 2.40. The maximum absolute atomic E-state index is 13.0. The van der Waals surface area contributed by atoms with Crippen LogP contribution in [0.3, 0.4) is 0 Å². The number of aliphatic hydroxyl groups excluding tert-OH is 1. The van der Waals surface area contributed by atoms with E-state index >= 15 is 0 Å². The molecule has 1 aliphatic heterocycles. The highest BCUT2D eigenvalue weighted by molar-refractivity contribution is 5.92. The number of benzene rings is 1. The summed E-state index contributed by atoms with van der Waals surface area (Å²) in [6.07, 6.45) is 1.58. The van der Waals surface area contributed by atoms with Gasteiger partial charge in [0.05, 0.1) is 5.56 Å². The van der Waals surface area contributed by atoms with E-state index < -0.39 is 18.0 Å². The molecule has 1 saturated carbocycles. The number of halogens is 3. The van der Waals surface area contributed by atoms with Crippen LogP contribution in [0.5, 0.6) is 0 Å². The first kappa shape index (κ1) is 23.6. The lowest BCUT2D eigenvalue weighted by atomic mass is 9.80. The molecule has 1 aromatic carbocycles. The Morgan fingerprint density at radius 2 is 1.90 bits per heavy atom. The van der Waals surface area contributed by atoms with Crippen molar-refractivity contribution < 1.29 is 32.5 Å². The molecule has 3 rings (SSSR count). The Morgan fingerprint density at radius 1 is 1.23 bits per heavy atom. The van der Waals surface area contributed by atoms with E-state index in [-0.39, 0.29) is 36.2 Å². The lowest BCUT2D eigenvalue weighted by molar-refractivity contribution is -0.166. The molecular formula is C23H30F3NO4. The molecule has 8 heteroatoms. The third kappa shape index (κ3) is 6.01. The predicted molar refractivity (Wildman–Crippen MR) is 109 cm³/mol. The van der Waals surface area contributed by atoms with Crippen molar-refractivity contribution in [2.45, 2.75) is 69.9 Å². The molecule has 0 aromatic heterocycles. The van der Waals surface area contributed by atoms with Crippen LogP contribution in [0.25, 0.3) is 0 Å². The van der Waals surface area contributed by atoms with Crippen molar-refractivity contribution in [3.05, 3.63) is 47.2 Å². The minimum atomic E-state index is -4.42. The number of aliphatic hydroxyl groups is 1. The molecule has 0 saturated heterocycles. The third-order valence-corrected chi connectivity index (χ3v) is 5.95. The largest absolute Gasteiger partial charge is 0.459 e. The molecule has 2 N–H and O–H groups in total. The van der Waals surface area contributed by atoms with Crippen LogP contribution in [-0.2, 0) is 20.4 Å². The van der Waals surface area contributed by atoms with Gasteiger partial charge in [0.2, 0.25) is 6.29 Å². The summed E-state index contributed by atoms with van der Waals surface area (Å²) in [6, 6.07) is 5.10. The number of alkyl halides is 3. The molecule has 1 aliphatic carbocycles. The van der Waals surface area contributed by atoms with Gasteiger partial charge >= 0.3 is 6.18 Å². The second-order valence-corrected chi connectivity index (χ2v) is 8.10. The zero-order valence-corrected chi connectivity index (χ0v) is 17.7. The van der Waals surface area contributed by atoms with Crippen LogP contribution in [0.15, 0.2) is 36.1 Å². The molecule has 0 radical (unpaired) electrons. The standard InChI is InChI=1S/C23H30F3NO4/c1-2-30-22-18(8-5-13-28)19(15-9-11-16(12-10-15)23(24,25)26)14-20(31-22)21(29)27-17-6-3-4-7-17/h9-12,14,17-19,22,28H,2-8,13H2,1H3,(H,27,29)/t18-,19+,22+/m0/s1.